The first-order valence-corrected chi connectivity index (χ1v) is 10.4. The zero-order chi connectivity index (χ0) is 23.3. The van der Waals surface area contributed by atoms with Gasteiger partial charge in [-0.1, -0.05) is 60.7 Å². The summed E-state index contributed by atoms with van der Waals surface area (Å²) >= 11 is 5.59. The Labute approximate surface area is 191 Å². The summed E-state index contributed by atoms with van der Waals surface area (Å²) in [5.41, 5.74) is 1.60. The molecule has 3 amide bonds. The van der Waals surface area contributed by atoms with Gasteiger partial charge in [-0.25, -0.2) is 9.59 Å². The topological polar surface area (TPSA) is 117 Å². The number of nitroso groups, excluding NO2 is 1. The molecule has 0 fully saturated rings. The summed E-state index contributed by atoms with van der Waals surface area (Å²) in [7, 11) is 1.23. The van der Waals surface area contributed by atoms with E-state index < -0.39 is 30.0 Å². The largest absolute Gasteiger partial charge is 0.467 e. The summed E-state index contributed by atoms with van der Waals surface area (Å²) < 4.78 is 4.83. The molecule has 2 aromatic rings. The van der Waals surface area contributed by atoms with Crippen LogP contribution < -0.4 is 10.6 Å². The molecule has 32 heavy (non-hydrogen) atoms. The quantitative estimate of drug-likeness (QED) is 0.231. The molecule has 2 atom stereocenters. The first-order valence-electron chi connectivity index (χ1n) is 9.91. The van der Waals surface area contributed by atoms with E-state index in [1.165, 1.54) is 7.11 Å². The highest BCUT2D eigenvalue weighted by Crippen LogP contribution is 2.08. The molecule has 0 saturated heterocycles. The third kappa shape index (κ3) is 7.66. The molecule has 170 valence electrons. The lowest BCUT2D eigenvalue weighted by molar-refractivity contribution is -0.145. The molecule has 0 bridgehead atoms. The second kappa shape index (κ2) is 13.1. The highest BCUT2D eigenvalue weighted by Gasteiger charge is 2.29. The molecule has 0 aromatic heterocycles. The minimum Gasteiger partial charge on any atom is -0.467 e. The second-order valence-electron chi connectivity index (χ2n) is 6.86. The Morgan fingerprint density at radius 2 is 1.47 bits per heavy atom. The van der Waals surface area contributed by atoms with Crippen molar-refractivity contribution in [1.29, 1.82) is 0 Å². The smallest absolute Gasteiger partial charge is 0.341 e. The van der Waals surface area contributed by atoms with Crippen molar-refractivity contribution < 1.29 is 19.1 Å². The molecular weight excluding hydrogens is 436 g/mol. The number of alkyl halides is 1. The Morgan fingerprint density at radius 1 is 0.938 bits per heavy atom. The van der Waals surface area contributed by atoms with Crippen LogP contribution in [0.1, 0.15) is 11.1 Å². The predicted molar refractivity (Wildman–Crippen MR) is 120 cm³/mol. The maximum absolute atomic E-state index is 13.1. The summed E-state index contributed by atoms with van der Waals surface area (Å²) in [6.07, 6.45) is 0.338. The molecule has 0 aliphatic rings. The molecule has 0 unspecified atom stereocenters. The standard InChI is InChI=1S/C22H25ClN4O5/c1-32-21(29)19(15-17-10-6-3-7-11-17)24-20(28)18(14-16-8-4-2-5-9-16)25-22(30)27(26-31)13-12-23/h2-11,18-19H,12-15H2,1H3,(H,24,28)(H,25,30)/t18-,19-/m0/s1. The number of carbonyl (C=O) groups excluding carboxylic acids is 3. The van der Waals surface area contributed by atoms with E-state index in [2.05, 4.69) is 15.9 Å². The van der Waals surface area contributed by atoms with Crippen molar-refractivity contribution in [3.05, 3.63) is 76.7 Å². The molecule has 9 nitrogen and oxygen atoms in total. The average molecular weight is 461 g/mol. The van der Waals surface area contributed by atoms with Gasteiger partial charge >= 0.3 is 12.0 Å². The fraction of sp³-hybridized carbons (Fsp3) is 0.318. The van der Waals surface area contributed by atoms with Gasteiger partial charge < -0.3 is 15.4 Å². The van der Waals surface area contributed by atoms with E-state index in [0.717, 1.165) is 11.1 Å². The Morgan fingerprint density at radius 3 is 1.94 bits per heavy atom. The van der Waals surface area contributed by atoms with Crippen molar-refractivity contribution in [2.24, 2.45) is 5.29 Å². The molecule has 10 heteroatoms. The normalized spacial score (nSPS) is 12.2. The van der Waals surface area contributed by atoms with Crippen LogP contribution in [0, 0.1) is 4.91 Å². The zero-order valence-corrected chi connectivity index (χ0v) is 18.3. The van der Waals surface area contributed by atoms with Crippen LogP contribution in [0.3, 0.4) is 0 Å². The number of urea groups is 1. The van der Waals surface area contributed by atoms with Crippen molar-refractivity contribution >= 4 is 29.5 Å². The number of methoxy groups -OCH3 is 1. The summed E-state index contributed by atoms with van der Waals surface area (Å²) in [6, 6.07) is 15.2. The number of hydrogen-bond acceptors (Lipinski definition) is 6. The maximum atomic E-state index is 13.1. The van der Waals surface area contributed by atoms with Gasteiger partial charge in [0, 0.05) is 18.7 Å². The molecule has 0 aliphatic carbocycles. The first-order chi connectivity index (χ1) is 15.5. The summed E-state index contributed by atoms with van der Waals surface area (Å²) in [6.45, 7) is -0.116. The second-order valence-corrected chi connectivity index (χ2v) is 7.24. The molecule has 2 rings (SSSR count). The molecule has 0 saturated carbocycles. The molecule has 0 spiro atoms. The minimum atomic E-state index is -1.08. The van der Waals surface area contributed by atoms with Gasteiger partial charge in [-0.05, 0) is 11.1 Å². The molecule has 2 aromatic carbocycles. The Balaban J connectivity index is 2.20. The van der Waals surface area contributed by atoms with Crippen LogP contribution in [0.2, 0.25) is 0 Å². The van der Waals surface area contributed by atoms with Gasteiger partial charge in [0.15, 0.2) is 0 Å². The number of rotatable bonds is 11. The van der Waals surface area contributed by atoms with Gasteiger partial charge in [0.2, 0.25) is 5.91 Å². The number of hydrogen-bond donors (Lipinski definition) is 2. The lowest BCUT2D eigenvalue weighted by atomic mass is 10.0. The highest BCUT2D eigenvalue weighted by molar-refractivity contribution is 6.18. The molecule has 0 heterocycles. The van der Waals surface area contributed by atoms with E-state index in [0.29, 0.717) is 5.01 Å². The third-order valence-electron chi connectivity index (χ3n) is 4.61. The molecule has 2 N–H and O–H groups in total. The van der Waals surface area contributed by atoms with E-state index in [-0.39, 0.29) is 25.3 Å². The lowest BCUT2D eigenvalue weighted by Crippen LogP contribution is -2.55. The number of carbonyl (C=O) groups is 3. The maximum Gasteiger partial charge on any atom is 0.341 e. The monoisotopic (exact) mass is 460 g/mol. The van der Waals surface area contributed by atoms with Gasteiger partial charge in [-0.3, -0.25) is 4.79 Å². The Kier molecular flexibility index (Phi) is 10.1. The number of nitrogens with one attached hydrogen (secondary N) is 2. The number of ether oxygens (including phenoxy) is 1. The van der Waals surface area contributed by atoms with Crippen molar-refractivity contribution in [2.45, 2.75) is 24.9 Å². The fourth-order valence-corrected chi connectivity index (χ4v) is 3.16. The van der Waals surface area contributed by atoms with Crippen LogP contribution in [0.4, 0.5) is 4.79 Å². The first kappa shape index (κ1) is 24.8. The Hall–Kier alpha value is -3.46. The van der Waals surface area contributed by atoms with E-state index >= 15 is 0 Å². The minimum absolute atomic E-state index is 0.00377. The summed E-state index contributed by atoms with van der Waals surface area (Å²) in [5.74, 6) is -1.23. The van der Waals surface area contributed by atoms with Crippen molar-refractivity contribution in [2.75, 3.05) is 19.5 Å². The van der Waals surface area contributed by atoms with Crippen LogP contribution in [0.15, 0.2) is 65.9 Å². The summed E-state index contributed by atoms with van der Waals surface area (Å²) in [4.78, 5) is 48.8. The van der Waals surface area contributed by atoms with Crippen LogP contribution >= 0.6 is 11.6 Å². The number of esters is 1. The van der Waals surface area contributed by atoms with Gasteiger partial charge in [0.25, 0.3) is 0 Å². The lowest BCUT2D eigenvalue weighted by Gasteiger charge is -2.24. The van der Waals surface area contributed by atoms with E-state index in [9.17, 15) is 19.3 Å². The highest BCUT2D eigenvalue weighted by atomic mass is 35.5. The average Bonchev–Trinajstić information content (AvgIpc) is 2.82. The van der Waals surface area contributed by atoms with Gasteiger partial charge in [0.05, 0.1) is 18.9 Å². The van der Waals surface area contributed by atoms with Gasteiger partial charge in [-0.2, -0.15) is 5.01 Å². The van der Waals surface area contributed by atoms with Crippen LogP contribution in [-0.4, -0.2) is 54.5 Å². The number of benzene rings is 2. The molecule has 0 radical (unpaired) electrons. The van der Waals surface area contributed by atoms with Crippen LogP contribution in [-0.2, 0) is 27.2 Å². The number of halogens is 1. The SMILES string of the molecule is COC(=O)[C@H](Cc1ccccc1)NC(=O)[C@H](Cc1ccccc1)NC(=O)N(CCCl)N=O. The molecule has 0 aliphatic heterocycles. The van der Waals surface area contributed by atoms with Crippen molar-refractivity contribution in [3.63, 3.8) is 0 Å². The number of nitrogens with zero attached hydrogens (tertiary/aromatic N) is 2. The van der Waals surface area contributed by atoms with Crippen LogP contribution in [0.5, 0.6) is 0 Å². The molecular formula is C22H25ClN4O5. The summed E-state index contributed by atoms with van der Waals surface area (Å²) in [5, 5.41) is 8.38. The van der Waals surface area contributed by atoms with Crippen molar-refractivity contribution in [3.8, 4) is 0 Å². The third-order valence-corrected chi connectivity index (χ3v) is 4.78. The zero-order valence-electron chi connectivity index (χ0n) is 17.6. The van der Waals surface area contributed by atoms with E-state index in [4.69, 9.17) is 16.3 Å². The van der Waals surface area contributed by atoms with Crippen LogP contribution in [0.25, 0.3) is 0 Å². The predicted octanol–water partition coefficient (Wildman–Crippen LogP) is 2.43. The number of amides is 3. The van der Waals surface area contributed by atoms with E-state index in [1.54, 1.807) is 24.3 Å². The van der Waals surface area contributed by atoms with E-state index in [1.807, 2.05) is 36.4 Å². The van der Waals surface area contributed by atoms with Gasteiger partial charge in [0.1, 0.15) is 12.1 Å². The van der Waals surface area contributed by atoms with Crippen molar-refractivity contribution in [1.82, 2.24) is 15.6 Å². The van der Waals surface area contributed by atoms with Gasteiger partial charge in [-0.15, -0.1) is 16.5 Å². The fourth-order valence-electron chi connectivity index (χ4n) is 3.00. The Bertz CT molecular complexity index is 898.